The number of benzene rings is 1. The highest BCUT2D eigenvalue weighted by Crippen LogP contribution is 2.11. The number of rotatable bonds is 4. The van der Waals surface area contributed by atoms with Gasteiger partial charge in [0.05, 0.1) is 12.5 Å². The monoisotopic (exact) mass is 250 g/mol. The van der Waals surface area contributed by atoms with Crippen molar-refractivity contribution in [2.75, 3.05) is 11.9 Å². The van der Waals surface area contributed by atoms with Gasteiger partial charge in [-0.1, -0.05) is 34.6 Å². The number of nitrogens with one attached hydrogen (secondary N) is 1. The Morgan fingerprint density at radius 2 is 2.07 bits per heavy atom. The fourth-order valence-electron chi connectivity index (χ4n) is 1.03. The van der Waals surface area contributed by atoms with Gasteiger partial charge in [0, 0.05) is 16.7 Å². The van der Waals surface area contributed by atoms with Crippen LogP contribution < -0.4 is 5.32 Å². The zero-order valence-corrected chi connectivity index (χ0v) is 9.34. The molecule has 72 valence electrons. The Bertz CT molecular complexity index is 349. The van der Waals surface area contributed by atoms with Gasteiger partial charge in [-0.15, -0.1) is 0 Å². The lowest BCUT2D eigenvalue weighted by atomic mass is 10.1. The molecule has 2 nitrogen and oxygen atoms in total. The summed E-state index contributed by atoms with van der Waals surface area (Å²) in [7, 11) is 0. The van der Waals surface area contributed by atoms with Crippen molar-refractivity contribution in [3.05, 3.63) is 40.9 Å². The van der Waals surface area contributed by atoms with Crippen LogP contribution in [-0.4, -0.2) is 6.54 Å². The molecule has 0 amide bonds. The van der Waals surface area contributed by atoms with Gasteiger partial charge in [0.25, 0.3) is 0 Å². The minimum atomic E-state index is 0.464. The van der Waals surface area contributed by atoms with Crippen molar-refractivity contribution in [3.63, 3.8) is 0 Å². The first-order chi connectivity index (χ1) is 6.72. The molecule has 0 bridgehead atoms. The van der Waals surface area contributed by atoms with Crippen molar-refractivity contribution >= 4 is 21.6 Å². The average molecular weight is 251 g/mol. The number of nitriles is 1. The largest absolute Gasteiger partial charge is 0.380 e. The molecule has 0 saturated heterocycles. The van der Waals surface area contributed by atoms with Crippen LogP contribution in [0.2, 0.25) is 0 Å². The second-order valence-electron chi connectivity index (χ2n) is 2.90. The molecule has 14 heavy (non-hydrogen) atoms. The van der Waals surface area contributed by atoms with Crippen LogP contribution in [0.1, 0.15) is 5.56 Å². The smallest absolute Gasteiger partial charge is 0.0669 e. The van der Waals surface area contributed by atoms with Crippen LogP contribution in [0.3, 0.4) is 0 Å². The molecule has 0 unspecified atom stereocenters. The van der Waals surface area contributed by atoms with Crippen LogP contribution in [0, 0.1) is 11.3 Å². The number of anilines is 1. The van der Waals surface area contributed by atoms with Gasteiger partial charge in [-0.2, -0.15) is 5.26 Å². The Morgan fingerprint density at radius 1 is 1.43 bits per heavy atom. The van der Waals surface area contributed by atoms with Gasteiger partial charge < -0.3 is 5.32 Å². The number of hydrogen-bond acceptors (Lipinski definition) is 2. The van der Waals surface area contributed by atoms with Crippen LogP contribution in [0.4, 0.5) is 5.69 Å². The van der Waals surface area contributed by atoms with E-state index in [2.05, 4.69) is 33.9 Å². The van der Waals surface area contributed by atoms with E-state index in [0.29, 0.717) is 13.0 Å². The van der Waals surface area contributed by atoms with Gasteiger partial charge in [0.2, 0.25) is 0 Å². The number of halogens is 1. The maximum Gasteiger partial charge on any atom is 0.0669 e. The zero-order chi connectivity index (χ0) is 10.4. The van der Waals surface area contributed by atoms with Crippen molar-refractivity contribution in [1.29, 1.82) is 5.26 Å². The normalized spacial score (nSPS) is 9.14. The van der Waals surface area contributed by atoms with Gasteiger partial charge in [0.1, 0.15) is 0 Å². The van der Waals surface area contributed by atoms with Gasteiger partial charge in [-0.25, -0.2) is 0 Å². The van der Waals surface area contributed by atoms with Crippen LogP contribution >= 0.6 is 15.9 Å². The third-order valence-corrected chi connectivity index (χ3v) is 2.00. The minimum Gasteiger partial charge on any atom is -0.380 e. The molecule has 0 aliphatic carbocycles. The second-order valence-corrected chi connectivity index (χ2v) is 4.02. The minimum absolute atomic E-state index is 0.464. The van der Waals surface area contributed by atoms with Crippen molar-refractivity contribution in [2.24, 2.45) is 0 Å². The highest BCUT2D eigenvalue weighted by molar-refractivity contribution is 9.11. The van der Waals surface area contributed by atoms with Crippen LogP contribution in [0.25, 0.3) is 0 Å². The van der Waals surface area contributed by atoms with Gasteiger partial charge >= 0.3 is 0 Å². The third-order valence-electron chi connectivity index (χ3n) is 1.72. The highest BCUT2D eigenvalue weighted by Gasteiger charge is 1.93. The standard InChI is InChI=1S/C11H11BrN2/c1-9(12)8-14-11-4-2-10(3-5-11)6-7-13/h2-5,14H,1,6,8H2. The van der Waals surface area contributed by atoms with Crippen molar-refractivity contribution in [2.45, 2.75) is 6.42 Å². The quantitative estimate of drug-likeness (QED) is 0.892. The highest BCUT2D eigenvalue weighted by atomic mass is 79.9. The molecular weight excluding hydrogens is 240 g/mol. The van der Waals surface area contributed by atoms with Crippen molar-refractivity contribution < 1.29 is 0 Å². The summed E-state index contributed by atoms with van der Waals surface area (Å²) in [5.74, 6) is 0. The van der Waals surface area contributed by atoms with E-state index in [-0.39, 0.29) is 0 Å². The maximum atomic E-state index is 8.48. The van der Waals surface area contributed by atoms with Crippen LogP contribution in [0.15, 0.2) is 35.3 Å². The molecule has 3 heteroatoms. The summed E-state index contributed by atoms with van der Waals surface area (Å²) in [5.41, 5.74) is 2.07. The average Bonchev–Trinajstić information content (AvgIpc) is 2.17. The molecule has 0 heterocycles. The van der Waals surface area contributed by atoms with Gasteiger partial charge in [0.15, 0.2) is 0 Å². The van der Waals surface area contributed by atoms with E-state index in [1.54, 1.807) is 0 Å². The number of hydrogen-bond donors (Lipinski definition) is 1. The summed E-state index contributed by atoms with van der Waals surface area (Å²) < 4.78 is 0.915. The molecule has 1 rings (SSSR count). The molecule has 0 atom stereocenters. The Labute approximate surface area is 92.4 Å². The first-order valence-corrected chi connectivity index (χ1v) is 5.04. The van der Waals surface area contributed by atoms with Crippen molar-refractivity contribution in [1.82, 2.24) is 0 Å². The molecule has 0 fully saturated rings. The Kier molecular flexibility index (Phi) is 4.21. The third kappa shape index (κ3) is 3.63. The molecule has 1 aromatic rings. The van der Waals surface area contributed by atoms with E-state index in [1.165, 1.54) is 0 Å². The Hall–Kier alpha value is -1.27. The Morgan fingerprint density at radius 3 is 2.57 bits per heavy atom. The second kappa shape index (κ2) is 5.46. The lowest BCUT2D eigenvalue weighted by Crippen LogP contribution is -2.00. The van der Waals surface area contributed by atoms with E-state index >= 15 is 0 Å². The topological polar surface area (TPSA) is 35.8 Å². The molecule has 0 aliphatic heterocycles. The first kappa shape index (κ1) is 10.8. The summed E-state index contributed by atoms with van der Waals surface area (Å²) in [6.07, 6.45) is 0.464. The molecule has 0 radical (unpaired) electrons. The first-order valence-electron chi connectivity index (χ1n) is 4.25. The summed E-state index contributed by atoms with van der Waals surface area (Å²) in [5, 5.41) is 11.7. The predicted octanol–water partition coefficient (Wildman–Crippen LogP) is 3.07. The Balaban J connectivity index is 2.56. The van der Waals surface area contributed by atoms with E-state index < -0.39 is 0 Å². The summed E-state index contributed by atoms with van der Waals surface area (Å²) >= 11 is 3.27. The fraction of sp³-hybridized carbons (Fsp3) is 0.182. The molecule has 1 aromatic carbocycles. The lowest BCUT2D eigenvalue weighted by Gasteiger charge is -2.05. The van der Waals surface area contributed by atoms with E-state index in [9.17, 15) is 0 Å². The van der Waals surface area contributed by atoms with E-state index in [0.717, 1.165) is 15.7 Å². The molecular formula is C11H11BrN2. The summed E-state index contributed by atoms with van der Waals surface area (Å²) in [4.78, 5) is 0. The molecule has 0 spiro atoms. The van der Waals surface area contributed by atoms with Crippen LogP contribution in [0.5, 0.6) is 0 Å². The van der Waals surface area contributed by atoms with E-state index in [4.69, 9.17) is 5.26 Å². The van der Waals surface area contributed by atoms with Gasteiger partial charge in [-0.05, 0) is 17.7 Å². The number of nitrogens with zero attached hydrogens (tertiary/aromatic N) is 1. The molecule has 0 aromatic heterocycles. The summed E-state index contributed by atoms with van der Waals surface area (Å²) in [6, 6.07) is 9.93. The maximum absolute atomic E-state index is 8.48. The molecule has 0 saturated carbocycles. The SMILES string of the molecule is C=C(Br)CNc1ccc(CC#N)cc1. The summed E-state index contributed by atoms with van der Waals surface area (Å²) in [6.45, 7) is 4.43. The predicted molar refractivity (Wildman–Crippen MR) is 62.3 cm³/mol. The van der Waals surface area contributed by atoms with Gasteiger partial charge in [-0.3, -0.25) is 0 Å². The van der Waals surface area contributed by atoms with E-state index in [1.807, 2.05) is 24.3 Å². The lowest BCUT2D eigenvalue weighted by molar-refractivity contribution is 1.25. The van der Waals surface area contributed by atoms with Crippen molar-refractivity contribution in [3.8, 4) is 6.07 Å². The van der Waals surface area contributed by atoms with Crippen LogP contribution in [-0.2, 0) is 6.42 Å². The molecule has 1 N–H and O–H groups in total. The zero-order valence-electron chi connectivity index (χ0n) is 7.76. The fourth-order valence-corrected chi connectivity index (χ4v) is 1.17. The molecule has 0 aliphatic rings.